The van der Waals surface area contributed by atoms with Crippen molar-refractivity contribution < 1.29 is 23.1 Å². The van der Waals surface area contributed by atoms with E-state index < -0.39 is 11.6 Å². The largest absolute Gasteiger partial charge is 0.477 e. The molecule has 7 nitrogen and oxygen atoms in total. The van der Waals surface area contributed by atoms with Gasteiger partial charge in [-0.2, -0.15) is 0 Å². The molecule has 1 N–H and O–H groups in total. The number of ether oxygens (including phenoxy) is 1. The molecule has 3 atom stereocenters. The minimum atomic E-state index is -0.920. The molecule has 37 heavy (non-hydrogen) atoms. The molecule has 0 aliphatic carbocycles. The van der Waals surface area contributed by atoms with Crippen molar-refractivity contribution in [2.45, 2.75) is 25.4 Å². The van der Waals surface area contributed by atoms with E-state index in [4.69, 9.17) is 21.2 Å². The number of halogens is 3. The molecule has 1 aromatic heterocycles. The quantitative estimate of drug-likeness (QED) is 0.491. The molecule has 0 spiro atoms. The molecule has 5 rings (SSSR count). The average Bonchev–Trinajstić information content (AvgIpc) is 3.36. The molecule has 3 aromatic rings. The Morgan fingerprint density at radius 3 is 2.65 bits per heavy atom. The third-order valence-corrected chi connectivity index (χ3v) is 6.80. The number of aliphatic imine (C=N–C) groups is 1. The first-order valence-corrected chi connectivity index (χ1v) is 12.3. The Labute approximate surface area is 218 Å². The maximum Gasteiger partial charge on any atom is 0.253 e. The summed E-state index contributed by atoms with van der Waals surface area (Å²) in [6.07, 6.45) is 1.99. The van der Waals surface area contributed by atoms with Crippen molar-refractivity contribution in [3.63, 3.8) is 0 Å². The van der Waals surface area contributed by atoms with Crippen molar-refractivity contribution in [3.8, 4) is 5.88 Å². The number of hydrogen-bond donors (Lipinski definition) is 1. The summed E-state index contributed by atoms with van der Waals surface area (Å²) in [5.74, 6) is -1.37. The normalized spacial score (nSPS) is 21.4. The molecule has 1 unspecified atom stereocenters. The van der Waals surface area contributed by atoms with Gasteiger partial charge in [0.15, 0.2) is 11.6 Å². The summed E-state index contributed by atoms with van der Waals surface area (Å²) in [5, 5.41) is 0.502. The van der Waals surface area contributed by atoms with E-state index in [1.165, 1.54) is 12.3 Å². The molecule has 2 aromatic carbocycles. The predicted octanol–water partition coefficient (Wildman–Crippen LogP) is 4.97. The lowest BCUT2D eigenvalue weighted by atomic mass is 9.81. The Kier molecular flexibility index (Phi) is 7.34. The number of likely N-dealkylation sites (tertiary alicyclic amines) is 1. The second-order valence-electron chi connectivity index (χ2n) is 9.11. The summed E-state index contributed by atoms with van der Waals surface area (Å²) < 4.78 is 33.7. The number of aromatic nitrogens is 1. The lowest BCUT2D eigenvalue weighted by Gasteiger charge is -2.39. The highest BCUT2D eigenvalue weighted by atomic mass is 35.5. The van der Waals surface area contributed by atoms with Gasteiger partial charge >= 0.3 is 0 Å². The molecule has 0 radical (unpaired) electrons. The molecule has 2 aliphatic rings. The first-order chi connectivity index (χ1) is 17.9. The Hall–Kier alpha value is -3.56. The number of amides is 1. The molecule has 192 valence electrons. The molecule has 1 amide bonds. The van der Waals surface area contributed by atoms with Gasteiger partial charge in [0.25, 0.3) is 5.91 Å². The van der Waals surface area contributed by atoms with Crippen molar-refractivity contribution in [2.75, 3.05) is 19.7 Å². The number of piperidine rings is 1. The fourth-order valence-corrected chi connectivity index (χ4v) is 4.70. The fraction of sp³-hybridized carbons (Fsp3) is 0.296. The number of carbonyl (C=O) groups excluding carboxylic acids is 1. The van der Waals surface area contributed by atoms with Crippen LogP contribution in [0.3, 0.4) is 0 Å². The summed E-state index contributed by atoms with van der Waals surface area (Å²) in [7, 11) is 0. The monoisotopic (exact) mass is 526 g/mol. The molecular formula is C27H25ClF2N4O3. The van der Waals surface area contributed by atoms with Crippen LogP contribution in [0.1, 0.15) is 40.7 Å². The van der Waals surface area contributed by atoms with Crippen LogP contribution in [0.4, 0.5) is 8.78 Å². The van der Waals surface area contributed by atoms with E-state index in [9.17, 15) is 13.6 Å². The van der Waals surface area contributed by atoms with Gasteiger partial charge in [0.1, 0.15) is 6.17 Å². The number of hydroxylamine groups is 1. The zero-order chi connectivity index (χ0) is 25.9. The van der Waals surface area contributed by atoms with Gasteiger partial charge in [-0.15, -0.1) is 5.48 Å². The lowest BCUT2D eigenvalue weighted by molar-refractivity contribution is 0.0614. The molecule has 1 saturated heterocycles. The summed E-state index contributed by atoms with van der Waals surface area (Å²) in [5.41, 5.74) is 4.66. The van der Waals surface area contributed by atoms with Crippen molar-refractivity contribution in [2.24, 2.45) is 10.9 Å². The number of hydrogen-bond acceptors (Lipinski definition) is 6. The smallest absolute Gasteiger partial charge is 0.253 e. The van der Waals surface area contributed by atoms with Gasteiger partial charge in [-0.1, -0.05) is 17.7 Å². The summed E-state index contributed by atoms with van der Waals surface area (Å²) in [6.45, 7) is 3.02. The van der Waals surface area contributed by atoms with Crippen molar-refractivity contribution in [3.05, 3.63) is 94.1 Å². The Bertz CT molecular complexity index is 1300. The Balaban J connectivity index is 1.32. The van der Waals surface area contributed by atoms with E-state index in [0.717, 1.165) is 11.6 Å². The Morgan fingerprint density at radius 2 is 1.97 bits per heavy atom. The van der Waals surface area contributed by atoms with Gasteiger partial charge in [-0.25, -0.2) is 18.8 Å². The minimum Gasteiger partial charge on any atom is -0.477 e. The number of rotatable bonds is 6. The number of benzene rings is 2. The maximum absolute atomic E-state index is 14.1. The van der Waals surface area contributed by atoms with Crippen molar-refractivity contribution >= 4 is 23.4 Å². The molecule has 0 saturated carbocycles. The van der Waals surface area contributed by atoms with Gasteiger partial charge in [-0.3, -0.25) is 4.79 Å². The summed E-state index contributed by atoms with van der Waals surface area (Å²) >= 11 is 5.90. The third-order valence-electron chi connectivity index (χ3n) is 6.58. The van der Waals surface area contributed by atoms with Crippen LogP contribution in [0.2, 0.25) is 5.02 Å². The van der Waals surface area contributed by atoms with Gasteiger partial charge in [0.2, 0.25) is 11.8 Å². The van der Waals surface area contributed by atoms with Gasteiger partial charge in [-0.05, 0) is 61.4 Å². The highest BCUT2D eigenvalue weighted by Crippen LogP contribution is 2.34. The van der Waals surface area contributed by atoms with Crippen molar-refractivity contribution in [1.29, 1.82) is 0 Å². The van der Waals surface area contributed by atoms with Crippen LogP contribution in [0, 0.1) is 17.6 Å². The molecule has 1 fully saturated rings. The molecule has 2 aliphatic heterocycles. The third kappa shape index (κ3) is 5.73. The van der Waals surface area contributed by atoms with E-state index in [1.54, 1.807) is 47.4 Å². The van der Waals surface area contributed by atoms with Crippen LogP contribution in [0.15, 0.2) is 65.8 Å². The number of pyridine rings is 1. The standard InChI is InChI=1S/C27H25ClF2N4O3/c1-16-32-26(37-33-16)17-2-4-18(5-3-17)27(35)34-11-10-20(15-36-25-9-7-21(28)13-31-25)22(14-34)19-6-8-23(29)24(30)12-19/h2-9,12-13,16,20,22,33H,10-11,14-15H2,1H3/t16?,20-,22-/m1/s1. The highest BCUT2D eigenvalue weighted by Gasteiger charge is 2.34. The van der Waals surface area contributed by atoms with Crippen LogP contribution in [-0.4, -0.2) is 47.6 Å². The van der Waals surface area contributed by atoms with Crippen LogP contribution in [0.25, 0.3) is 0 Å². The van der Waals surface area contributed by atoms with E-state index in [-0.39, 0.29) is 23.9 Å². The SMILES string of the molecule is CC1N=C(c2ccc(C(=O)N3CC[C@H](COc4ccc(Cl)cn4)[C@@H](c4ccc(F)c(F)c4)C3)cc2)ON1. The van der Waals surface area contributed by atoms with Gasteiger partial charge in [0, 0.05) is 48.3 Å². The lowest BCUT2D eigenvalue weighted by Crippen LogP contribution is -2.44. The predicted molar refractivity (Wildman–Crippen MR) is 135 cm³/mol. The van der Waals surface area contributed by atoms with E-state index in [0.29, 0.717) is 54.0 Å². The van der Waals surface area contributed by atoms with Crippen LogP contribution in [0.5, 0.6) is 5.88 Å². The first-order valence-electron chi connectivity index (χ1n) is 12.0. The second kappa shape index (κ2) is 10.8. The van der Waals surface area contributed by atoms with Crippen LogP contribution in [-0.2, 0) is 4.84 Å². The molecule has 0 bridgehead atoms. The van der Waals surface area contributed by atoms with E-state index >= 15 is 0 Å². The van der Waals surface area contributed by atoms with Gasteiger partial charge in [0.05, 0.1) is 11.6 Å². The average molecular weight is 527 g/mol. The Morgan fingerprint density at radius 1 is 1.16 bits per heavy atom. The maximum atomic E-state index is 14.1. The molecular weight excluding hydrogens is 502 g/mol. The number of nitrogens with zero attached hydrogens (tertiary/aromatic N) is 3. The first kappa shape index (κ1) is 25.1. The summed E-state index contributed by atoms with van der Waals surface area (Å²) in [6, 6.07) is 14.3. The molecule has 3 heterocycles. The highest BCUT2D eigenvalue weighted by molar-refractivity contribution is 6.30. The van der Waals surface area contributed by atoms with E-state index in [2.05, 4.69) is 15.5 Å². The van der Waals surface area contributed by atoms with Crippen LogP contribution < -0.4 is 10.2 Å². The zero-order valence-electron chi connectivity index (χ0n) is 20.0. The topological polar surface area (TPSA) is 76.1 Å². The van der Waals surface area contributed by atoms with Gasteiger partial charge < -0.3 is 14.5 Å². The fourth-order valence-electron chi connectivity index (χ4n) is 4.59. The molecule has 10 heteroatoms. The minimum absolute atomic E-state index is 0.0409. The van der Waals surface area contributed by atoms with E-state index in [1.807, 2.05) is 6.92 Å². The van der Waals surface area contributed by atoms with Crippen LogP contribution >= 0.6 is 11.6 Å². The van der Waals surface area contributed by atoms with Crippen molar-refractivity contribution in [1.82, 2.24) is 15.4 Å². The zero-order valence-corrected chi connectivity index (χ0v) is 20.8. The summed E-state index contributed by atoms with van der Waals surface area (Å²) in [4.78, 5) is 29.0. The second-order valence-corrected chi connectivity index (χ2v) is 9.55. The number of nitrogens with one attached hydrogen (secondary N) is 1. The number of carbonyl (C=O) groups is 1.